The van der Waals surface area contributed by atoms with Crippen molar-refractivity contribution in [3.05, 3.63) is 20.8 Å². The Morgan fingerprint density at radius 3 is 2.94 bits per heavy atom. The molecule has 0 bridgehead atoms. The van der Waals surface area contributed by atoms with Gasteiger partial charge in [-0.3, -0.25) is 0 Å². The summed E-state index contributed by atoms with van der Waals surface area (Å²) in [5.74, 6) is 0. The molecule has 0 fully saturated rings. The number of hydrogen-bond acceptors (Lipinski definition) is 2. The van der Waals surface area contributed by atoms with E-state index in [1.165, 1.54) is 42.5 Å². The van der Waals surface area contributed by atoms with Crippen LogP contribution in [-0.4, -0.2) is 6.04 Å². The van der Waals surface area contributed by atoms with E-state index in [4.69, 9.17) is 11.6 Å². The summed E-state index contributed by atoms with van der Waals surface area (Å²) in [6.45, 7) is 4.51. The van der Waals surface area contributed by atoms with Crippen molar-refractivity contribution in [1.82, 2.24) is 5.32 Å². The molecule has 0 saturated carbocycles. The van der Waals surface area contributed by atoms with Gasteiger partial charge >= 0.3 is 0 Å². The van der Waals surface area contributed by atoms with Crippen molar-refractivity contribution in [2.45, 2.75) is 58.0 Å². The summed E-state index contributed by atoms with van der Waals surface area (Å²) < 4.78 is 0.947. The molecular weight excluding hydrogens is 238 g/mol. The van der Waals surface area contributed by atoms with Crippen LogP contribution in [0.5, 0.6) is 0 Å². The van der Waals surface area contributed by atoms with Crippen molar-refractivity contribution in [2.75, 3.05) is 0 Å². The summed E-state index contributed by atoms with van der Waals surface area (Å²) in [5, 5.41) is 3.77. The predicted molar refractivity (Wildman–Crippen MR) is 72.5 cm³/mol. The van der Waals surface area contributed by atoms with Crippen LogP contribution >= 0.6 is 22.9 Å². The molecule has 1 atom stereocenters. The number of nitrogens with one attached hydrogen (secondary N) is 1. The third kappa shape index (κ3) is 2.61. The van der Waals surface area contributed by atoms with Gasteiger partial charge in [-0.05, 0) is 43.7 Å². The summed E-state index contributed by atoms with van der Waals surface area (Å²) in [4.78, 5) is 1.50. The largest absolute Gasteiger partial charge is 0.307 e. The van der Waals surface area contributed by atoms with Gasteiger partial charge in [0.15, 0.2) is 0 Å². The Hall–Kier alpha value is -0.0500. The maximum Gasteiger partial charge on any atom is 0.0934 e. The van der Waals surface area contributed by atoms with E-state index < -0.39 is 0 Å². The van der Waals surface area contributed by atoms with Gasteiger partial charge in [0.05, 0.1) is 4.34 Å². The van der Waals surface area contributed by atoms with Crippen LogP contribution in [-0.2, 0) is 6.42 Å². The van der Waals surface area contributed by atoms with Crippen LogP contribution in [0.25, 0.3) is 0 Å². The van der Waals surface area contributed by atoms with Crippen LogP contribution < -0.4 is 5.32 Å². The van der Waals surface area contributed by atoms with Crippen molar-refractivity contribution in [3.8, 4) is 0 Å². The Balaban J connectivity index is 2.12. The van der Waals surface area contributed by atoms with Crippen LogP contribution in [0, 0.1) is 0 Å². The minimum absolute atomic E-state index is 0.539. The monoisotopic (exact) mass is 257 g/mol. The zero-order chi connectivity index (χ0) is 11.5. The van der Waals surface area contributed by atoms with Gasteiger partial charge in [-0.15, -0.1) is 11.3 Å². The zero-order valence-electron chi connectivity index (χ0n) is 10.1. The van der Waals surface area contributed by atoms with E-state index in [-0.39, 0.29) is 0 Å². The second-order valence-corrected chi connectivity index (χ2v) is 6.32. The first-order valence-electron chi connectivity index (χ1n) is 6.28. The fourth-order valence-electron chi connectivity index (χ4n) is 2.50. The van der Waals surface area contributed by atoms with Crippen molar-refractivity contribution >= 4 is 22.9 Å². The van der Waals surface area contributed by atoms with Crippen LogP contribution in [0.2, 0.25) is 4.34 Å². The molecule has 0 radical (unpaired) electrons. The van der Waals surface area contributed by atoms with Crippen LogP contribution in [0.4, 0.5) is 0 Å². The predicted octanol–water partition coefficient (Wildman–Crippen LogP) is 4.56. The number of hydrogen-bond donors (Lipinski definition) is 1. The maximum atomic E-state index is 6.11. The van der Waals surface area contributed by atoms with Gasteiger partial charge in [-0.1, -0.05) is 25.4 Å². The van der Waals surface area contributed by atoms with Gasteiger partial charge in [0, 0.05) is 17.0 Å². The highest BCUT2D eigenvalue weighted by Crippen LogP contribution is 2.38. The molecule has 0 aliphatic heterocycles. The molecule has 2 rings (SSSR count). The molecule has 1 aliphatic rings. The highest BCUT2D eigenvalue weighted by atomic mass is 35.5. The minimum atomic E-state index is 0.539. The van der Waals surface area contributed by atoms with Crippen molar-refractivity contribution in [3.63, 3.8) is 0 Å². The topological polar surface area (TPSA) is 12.0 Å². The van der Waals surface area contributed by atoms with Gasteiger partial charge in [-0.25, -0.2) is 0 Å². The Morgan fingerprint density at radius 1 is 1.50 bits per heavy atom. The van der Waals surface area contributed by atoms with E-state index in [1.807, 2.05) is 0 Å². The van der Waals surface area contributed by atoms with Gasteiger partial charge in [-0.2, -0.15) is 0 Å². The third-order valence-electron chi connectivity index (χ3n) is 3.51. The van der Waals surface area contributed by atoms with Crippen LogP contribution in [0.3, 0.4) is 0 Å². The highest BCUT2D eigenvalue weighted by Gasteiger charge is 2.23. The summed E-state index contributed by atoms with van der Waals surface area (Å²) in [6.07, 6.45) is 6.19. The molecule has 1 aromatic heterocycles. The van der Waals surface area contributed by atoms with Gasteiger partial charge < -0.3 is 5.32 Å². The van der Waals surface area contributed by atoms with Gasteiger partial charge in [0.25, 0.3) is 0 Å². The molecule has 1 unspecified atom stereocenters. The quantitative estimate of drug-likeness (QED) is 0.834. The Kier molecular flexibility index (Phi) is 4.28. The Morgan fingerprint density at radius 2 is 2.25 bits per heavy atom. The summed E-state index contributed by atoms with van der Waals surface area (Å²) in [7, 11) is 0. The molecule has 1 N–H and O–H groups in total. The normalized spacial score (nSPS) is 20.1. The van der Waals surface area contributed by atoms with E-state index in [9.17, 15) is 0 Å². The average molecular weight is 258 g/mol. The molecule has 0 spiro atoms. The first-order valence-corrected chi connectivity index (χ1v) is 7.48. The van der Waals surface area contributed by atoms with Gasteiger partial charge in [0.2, 0.25) is 0 Å². The average Bonchev–Trinajstić information content (AvgIpc) is 2.67. The van der Waals surface area contributed by atoms with Crippen LogP contribution in [0.1, 0.15) is 56.0 Å². The number of aryl methyl sites for hydroxylation is 1. The number of thiophene rings is 1. The highest BCUT2D eigenvalue weighted by molar-refractivity contribution is 7.16. The van der Waals surface area contributed by atoms with Crippen molar-refractivity contribution in [1.29, 1.82) is 0 Å². The van der Waals surface area contributed by atoms with E-state index >= 15 is 0 Å². The van der Waals surface area contributed by atoms with Crippen LogP contribution in [0.15, 0.2) is 6.07 Å². The second-order valence-electron chi connectivity index (χ2n) is 4.55. The minimum Gasteiger partial charge on any atom is -0.307 e. The molecule has 0 aromatic carbocycles. The lowest BCUT2D eigenvalue weighted by Crippen LogP contribution is -2.33. The number of fused-ring (bicyclic) bond motifs is 1. The van der Waals surface area contributed by atoms with Crippen molar-refractivity contribution in [2.24, 2.45) is 0 Å². The molecule has 1 aromatic rings. The standard InChI is InChI=1S/C13H20ClNS/c1-3-9(4-2)15-11-6-5-7-12-10(11)8-13(14)16-12/h8-9,11,15H,3-7H2,1-2H3. The molecule has 0 amide bonds. The molecule has 3 heteroatoms. The maximum absolute atomic E-state index is 6.11. The first kappa shape index (κ1) is 12.4. The van der Waals surface area contributed by atoms with E-state index in [0.717, 1.165) is 4.34 Å². The number of halogens is 1. The molecular formula is C13H20ClNS. The van der Waals surface area contributed by atoms with E-state index in [2.05, 4.69) is 25.2 Å². The molecule has 1 nitrogen and oxygen atoms in total. The summed E-state index contributed by atoms with van der Waals surface area (Å²) >= 11 is 7.87. The van der Waals surface area contributed by atoms with Gasteiger partial charge in [0.1, 0.15) is 0 Å². The summed E-state index contributed by atoms with van der Waals surface area (Å²) in [5.41, 5.74) is 1.47. The lowest BCUT2D eigenvalue weighted by molar-refractivity contribution is 0.381. The molecule has 1 heterocycles. The second kappa shape index (κ2) is 5.52. The fraction of sp³-hybridized carbons (Fsp3) is 0.692. The number of rotatable bonds is 4. The smallest absolute Gasteiger partial charge is 0.0934 e. The third-order valence-corrected chi connectivity index (χ3v) is 4.85. The molecule has 16 heavy (non-hydrogen) atoms. The Labute approximate surface area is 107 Å². The van der Waals surface area contributed by atoms with Crippen molar-refractivity contribution < 1.29 is 0 Å². The lowest BCUT2D eigenvalue weighted by Gasteiger charge is -2.27. The molecule has 0 saturated heterocycles. The lowest BCUT2D eigenvalue weighted by atomic mass is 9.93. The Bertz CT molecular complexity index is 344. The SMILES string of the molecule is CCC(CC)NC1CCCc2sc(Cl)cc21. The van der Waals surface area contributed by atoms with E-state index in [0.29, 0.717) is 12.1 Å². The fourth-order valence-corrected chi connectivity index (χ4v) is 3.89. The molecule has 90 valence electrons. The van der Waals surface area contributed by atoms with E-state index in [1.54, 1.807) is 11.3 Å². The molecule has 1 aliphatic carbocycles. The zero-order valence-corrected chi connectivity index (χ0v) is 11.6. The first-order chi connectivity index (χ1) is 7.74. The summed E-state index contributed by atoms with van der Waals surface area (Å²) in [6, 6.07) is 3.35.